The number of hydrogen-bond donors (Lipinski definition) is 3. The fourth-order valence-corrected chi connectivity index (χ4v) is 1.84. The van der Waals surface area contributed by atoms with Gasteiger partial charge < -0.3 is 15.5 Å². The molecule has 1 aromatic carbocycles. The number of halogens is 1. The Bertz CT molecular complexity index is 381. The molecule has 1 unspecified atom stereocenters. The maximum atomic E-state index is 10.8. The summed E-state index contributed by atoms with van der Waals surface area (Å²) in [5.41, 5.74) is 0.959. The van der Waals surface area contributed by atoms with Gasteiger partial charge in [0.25, 0.3) is 0 Å². The average molecular weight is 288 g/mol. The molecule has 16 heavy (non-hydrogen) atoms. The molecule has 0 bridgehead atoms. The monoisotopic (exact) mass is 287 g/mol. The number of hydrogen-bond acceptors (Lipinski definition) is 3. The molecule has 1 atom stereocenters. The van der Waals surface area contributed by atoms with E-state index in [0.29, 0.717) is 10.9 Å². The van der Waals surface area contributed by atoms with Gasteiger partial charge >= 0.3 is 5.97 Å². The highest BCUT2D eigenvalue weighted by Crippen LogP contribution is 2.20. The molecule has 88 valence electrons. The van der Waals surface area contributed by atoms with Crippen molar-refractivity contribution in [2.75, 3.05) is 11.9 Å². The van der Waals surface area contributed by atoms with E-state index in [9.17, 15) is 4.79 Å². The van der Waals surface area contributed by atoms with Crippen LogP contribution in [0.2, 0.25) is 0 Å². The van der Waals surface area contributed by atoms with E-state index >= 15 is 0 Å². The van der Waals surface area contributed by atoms with E-state index in [2.05, 4.69) is 21.2 Å². The Morgan fingerprint density at radius 3 is 2.75 bits per heavy atom. The zero-order chi connectivity index (χ0) is 12.1. The standard InChI is InChI=1S/C11H14BrNO3/c1-7(2-3-14)13-10-5-8(11(15)16)4-9(12)6-10/h4-7,13-14H,2-3H2,1H3,(H,15,16). The largest absolute Gasteiger partial charge is 0.478 e. The highest BCUT2D eigenvalue weighted by atomic mass is 79.9. The summed E-state index contributed by atoms with van der Waals surface area (Å²) in [6, 6.07) is 5.02. The lowest BCUT2D eigenvalue weighted by Crippen LogP contribution is -2.16. The molecule has 0 aliphatic rings. The number of carbonyl (C=O) groups is 1. The van der Waals surface area contributed by atoms with Gasteiger partial charge in [0.1, 0.15) is 0 Å². The molecule has 1 rings (SSSR count). The maximum absolute atomic E-state index is 10.8. The van der Waals surface area contributed by atoms with Gasteiger partial charge in [0.05, 0.1) is 5.56 Å². The third kappa shape index (κ3) is 3.83. The summed E-state index contributed by atoms with van der Waals surface area (Å²) in [5.74, 6) is -0.959. The lowest BCUT2D eigenvalue weighted by molar-refractivity contribution is 0.0697. The number of anilines is 1. The molecule has 1 aromatic rings. The first kappa shape index (κ1) is 13.0. The van der Waals surface area contributed by atoms with E-state index < -0.39 is 5.97 Å². The highest BCUT2D eigenvalue weighted by Gasteiger charge is 2.07. The van der Waals surface area contributed by atoms with E-state index in [-0.39, 0.29) is 18.2 Å². The normalized spacial score (nSPS) is 12.2. The van der Waals surface area contributed by atoms with Crippen LogP contribution >= 0.6 is 15.9 Å². The molecule has 0 saturated heterocycles. The number of aliphatic hydroxyl groups excluding tert-OH is 1. The lowest BCUT2D eigenvalue weighted by Gasteiger charge is -2.14. The third-order valence-corrected chi connectivity index (χ3v) is 2.58. The molecule has 5 heteroatoms. The first-order valence-electron chi connectivity index (χ1n) is 4.94. The van der Waals surface area contributed by atoms with Crippen molar-refractivity contribution in [3.8, 4) is 0 Å². The minimum absolute atomic E-state index is 0.0981. The molecule has 0 aliphatic carbocycles. The van der Waals surface area contributed by atoms with Gasteiger partial charge in [-0.3, -0.25) is 0 Å². The number of benzene rings is 1. The van der Waals surface area contributed by atoms with Crippen molar-refractivity contribution >= 4 is 27.6 Å². The molecule has 0 radical (unpaired) electrons. The summed E-state index contributed by atoms with van der Waals surface area (Å²) < 4.78 is 0.714. The van der Waals surface area contributed by atoms with Crippen LogP contribution in [0.5, 0.6) is 0 Å². The van der Waals surface area contributed by atoms with Crippen LogP contribution in [0.3, 0.4) is 0 Å². The van der Waals surface area contributed by atoms with Crippen molar-refractivity contribution in [1.82, 2.24) is 0 Å². The number of carboxylic acid groups (broad SMARTS) is 1. The van der Waals surface area contributed by atoms with Crippen molar-refractivity contribution in [3.05, 3.63) is 28.2 Å². The van der Waals surface area contributed by atoms with E-state index in [1.807, 2.05) is 6.92 Å². The van der Waals surface area contributed by atoms with Gasteiger partial charge in [0.15, 0.2) is 0 Å². The van der Waals surface area contributed by atoms with Gasteiger partial charge in [0.2, 0.25) is 0 Å². The predicted molar refractivity (Wildman–Crippen MR) is 65.9 cm³/mol. The first-order valence-corrected chi connectivity index (χ1v) is 5.73. The van der Waals surface area contributed by atoms with Crippen molar-refractivity contribution in [2.45, 2.75) is 19.4 Å². The van der Waals surface area contributed by atoms with Gasteiger partial charge in [-0.15, -0.1) is 0 Å². The van der Waals surface area contributed by atoms with Crippen molar-refractivity contribution < 1.29 is 15.0 Å². The van der Waals surface area contributed by atoms with Crippen LogP contribution in [0.1, 0.15) is 23.7 Å². The summed E-state index contributed by atoms with van der Waals surface area (Å²) in [4.78, 5) is 10.8. The third-order valence-electron chi connectivity index (χ3n) is 2.12. The lowest BCUT2D eigenvalue weighted by atomic mass is 10.1. The second kappa shape index (κ2) is 5.86. The molecule has 0 spiro atoms. The van der Waals surface area contributed by atoms with Gasteiger partial charge in [-0.25, -0.2) is 4.79 Å². The Kier molecular flexibility index (Phi) is 4.76. The number of rotatable bonds is 5. The molecule has 0 amide bonds. The minimum atomic E-state index is -0.959. The summed E-state index contributed by atoms with van der Waals surface area (Å²) in [7, 11) is 0. The topological polar surface area (TPSA) is 69.6 Å². The minimum Gasteiger partial charge on any atom is -0.478 e. The van der Waals surface area contributed by atoms with Crippen LogP contribution in [0.25, 0.3) is 0 Å². The number of aliphatic hydroxyl groups is 1. The molecule has 3 N–H and O–H groups in total. The molecule has 0 aliphatic heterocycles. The Morgan fingerprint density at radius 2 is 2.19 bits per heavy atom. The molecular weight excluding hydrogens is 274 g/mol. The summed E-state index contributed by atoms with van der Waals surface area (Å²) in [6.45, 7) is 2.03. The van der Waals surface area contributed by atoms with Crippen molar-refractivity contribution in [1.29, 1.82) is 0 Å². The number of carboxylic acids is 1. The van der Waals surface area contributed by atoms with E-state index in [1.165, 1.54) is 0 Å². The SMILES string of the molecule is CC(CCO)Nc1cc(Br)cc(C(=O)O)c1. The fourth-order valence-electron chi connectivity index (χ4n) is 1.35. The average Bonchev–Trinajstić information content (AvgIpc) is 2.16. The van der Waals surface area contributed by atoms with Crippen molar-refractivity contribution in [3.63, 3.8) is 0 Å². The Hall–Kier alpha value is -1.07. The molecule has 0 aromatic heterocycles. The summed E-state index contributed by atoms with van der Waals surface area (Å²) in [5, 5.41) is 20.8. The second-order valence-corrected chi connectivity index (χ2v) is 4.51. The van der Waals surface area contributed by atoms with E-state index in [4.69, 9.17) is 10.2 Å². The summed E-state index contributed by atoms with van der Waals surface area (Å²) in [6.07, 6.45) is 0.620. The van der Waals surface area contributed by atoms with Crippen LogP contribution in [0.15, 0.2) is 22.7 Å². The zero-order valence-electron chi connectivity index (χ0n) is 8.90. The quantitative estimate of drug-likeness (QED) is 0.777. The Balaban J connectivity index is 2.84. The molecule has 0 heterocycles. The van der Waals surface area contributed by atoms with Gasteiger partial charge in [-0.1, -0.05) is 15.9 Å². The Morgan fingerprint density at radius 1 is 1.50 bits per heavy atom. The van der Waals surface area contributed by atoms with Crippen LogP contribution in [-0.2, 0) is 0 Å². The van der Waals surface area contributed by atoms with Crippen LogP contribution < -0.4 is 5.32 Å². The van der Waals surface area contributed by atoms with Crippen LogP contribution in [-0.4, -0.2) is 28.8 Å². The maximum Gasteiger partial charge on any atom is 0.335 e. The zero-order valence-corrected chi connectivity index (χ0v) is 10.5. The van der Waals surface area contributed by atoms with Gasteiger partial charge in [0, 0.05) is 22.8 Å². The predicted octanol–water partition coefficient (Wildman–Crippen LogP) is 2.33. The Labute approximate surface area is 102 Å². The van der Waals surface area contributed by atoms with Gasteiger partial charge in [-0.2, -0.15) is 0 Å². The summed E-state index contributed by atoms with van der Waals surface area (Å²) >= 11 is 3.26. The van der Waals surface area contributed by atoms with Gasteiger partial charge in [-0.05, 0) is 31.5 Å². The fraction of sp³-hybridized carbons (Fsp3) is 0.364. The smallest absolute Gasteiger partial charge is 0.335 e. The number of nitrogens with one attached hydrogen (secondary N) is 1. The molecule has 0 fully saturated rings. The first-order chi connectivity index (χ1) is 7.52. The molecular formula is C11H14BrNO3. The van der Waals surface area contributed by atoms with Crippen LogP contribution in [0, 0.1) is 0 Å². The molecule has 0 saturated carbocycles. The highest BCUT2D eigenvalue weighted by molar-refractivity contribution is 9.10. The number of aromatic carboxylic acids is 1. The molecule has 4 nitrogen and oxygen atoms in total. The van der Waals surface area contributed by atoms with E-state index in [0.717, 1.165) is 5.69 Å². The second-order valence-electron chi connectivity index (χ2n) is 3.59. The van der Waals surface area contributed by atoms with Crippen LogP contribution in [0.4, 0.5) is 5.69 Å². The van der Waals surface area contributed by atoms with Crippen molar-refractivity contribution in [2.24, 2.45) is 0 Å². The van der Waals surface area contributed by atoms with E-state index in [1.54, 1.807) is 18.2 Å².